The van der Waals surface area contributed by atoms with Gasteiger partial charge in [-0.15, -0.1) is 0 Å². The van der Waals surface area contributed by atoms with Crippen LogP contribution in [0.5, 0.6) is 0 Å². The van der Waals surface area contributed by atoms with Crippen molar-refractivity contribution in [3.8, 4) is 0 Å². The lowest BCUT2D eigenvalue weighted by Gasteiger charge is -2.34. The first-order chi connectivity index (χ1) is 15.3. The van der Waals surface area contributed by atoms with E-state index < -0.39 is 0 Å². The van der Waals surface area contributed by atoms with Gasteiger partial charge in [-0.2, -0.15) is 0 Å². The number of carbonyl (C=O) groups excluding carboxylic acids is 2. The Bertz CT molecular complexity index is 969. The fraction of sp³-hybridized carbons (Fsp3) is 0.500. The fourth-order valence-corrected chi connectivity index (χ4v) is 4.66. The number of thioether (sulfide) groups is 1. The zero-order chi connectivity index (χ0) is 23.3. The minimum atomic E-state index is 0.0197. The molecular weight excluding hydrogens is 422 g/mol. The van der Waals surface area contributed by atoms with Crippen LogP contribution in [0.25, 0.3) is 0 Å². The standard InChI is InChI=1S/C24H33N5O2S/c1-6-27(7-2)22-17(3)18(4)25-24(26-22)32-16-20-9-8-10-21(15-20)23(31)29-13-11-28(12-14-29)19(5)30/h8-10,15H,6-7,11-14,16H2,1-5H3. The second-order valence-electron chi connectivity index (χ2n) is 8.00. The number of rotatable bonds is 7. The second kappa shape index (κ2) is 10.8. The molecule has 7 nitrogen and oxygen atoms in total. The summed E-state index contributed by atoms with van der Waals surface area (Å²) >= 11 is 1.59. The first-order valence-corrected chi connectivity index (χ1v) is 12.2. The maximum absolute atomic E-state index is 13.0. The van der Waals surface area contributed by atoms with Crippen LogP contribution < -0.4 is 4.90 Å². The van der Waals surface area contributed by atoms with Crippen molar-refractivity contribution in [2.45, 2.75) is 45.5 Å². The van der Waals surface area contributed by atoms with E-state index in [9.17, 15) is 9.59 Å². The van der Waals surface area contributed by atoms with Gasteiger partial charge in [-0.05, 0) is 45.4 Å². The van der Waals surface area contributed by atoms with Gasteiger partial charge >= 0.3 is 0 Å². The number of nitrogens with zero attached hydrogens (tertiary/aromatic N) is 5. The lowest BCUT2D eigenvalue weighted by atomic mass is 10.1. The predicted octanol–water partition coefficient (Wildman–Crippen LogP) is 3.54. The number of hydrogen-bond acceptors (Lipinski definition) is 6. The third-order valence-corrected chi connectivity index (χ3v) is 6.88. The molecule has 3 rings (SSSR count). The maximum Gasteiger partial charge on any atom is 0.253 e. The van der Waals surface area contributed by atoms with Gasteiger partial charge in [0.1, 0.15) is 5.82 Å². The van der Waals surface area contributed by atoms with Crippen molar-refractivity contribution in [3.05, 3.63) is 46.6 Å². The molecule has 2 amide bonds. The summed E-state index contributed by atoms with van der Waals surface area (Å²) < 4.78 is 0. The van der Waals surface area contributed by atoms with Gasteiger partial charge in [0.2, 0.25) is 5.91 Å². The fourth-order valence-electron chi connectivity index (χ4n) is 3.83. The van der Waals surface area contributed by atoms with E-state index >= 15 is 0 Å². The van der Waals surface area contributed by atoms with E-state index in [1.807, 2.05) is 36.1 Å². The van der Waals surface area contributed by atoms with Gasteiger partial charge in [0.15, 0.2) is 5.16 Å². The maximum atomic E-state index is 13.0. The summed E-state index contributed by atoms with van der Waals surface area (Å²) in [5, 5.41) is 0.757. The van der Waals surface area contributed by atoms with Crippen molar-refractivity contribution in [1.29, 1.82) is 0 Å². The van der Waals surface area contributed by atoms with Crippen molar-refractivity contribution in [3.63, 3.8) is 0 Å². The summed E-state index contributed by atoms with van der Waals surface area (Å²) in [6, 6.07) is 7.78. The Morgan fingerprint density at radius 3 is 2.31 bits per heavy atom. The summed E-state index contributed by atoms with van der Waals surface area (Å²) in [4.78, 5) is 39.8. The van der Waals surface area contributed by atoms with Crippen LogP contribution in [0.1, 0.15) is 48.0 Å². The van der Waals surface area contributed by atoms with Gasteiger partial charge in [0.25, 0.3) is 5.91 Å². The Balaban J connectivity index is 1.68. The Morgan fingerprint density at radius 1 is 1.03 bits per heavy atom. The first-order valence-electron chi connectivity index (χ1n) is 11.2. The van der Waals surface area contributed by atoms with Crippen LogP contribution in [0.4, 0.5) is 5.82 Å². The monoisotopic (exact) mass is 455 g/mol. The molecule has 1 saturated heterocycles. The largest absolute Gasteiger partial charge is 0.357 e. The molecule has 0 atom stereocenters. The van der Waals surface area contributed by atoms with E-state index in [0.717, 1.165) is 40.9 Å². The van der Waals surface area contributed by atoms with Crippen LogP contribution >= 0.6 is 11.8 Å². The summed E-state index contributed by atoms with van der Waals surface area (Å²) in [7, 11) is 0. The first kappa shape index (κ1) is 24.0. The average Bonchev–Trinajstić information content (AvgIpc) is 2.81. The Kier molecular flexibility index (Phi) is 8.12. The topological polar surface area (TPSA) is 69.6 Å². The van der Waals surface area contributed by atoms with Gasteiger partial charge in [-0.25, -0.2) is 9.97 Å². The van der Waals surface area contributed by atoms with Crippen LogP contribution in [0.2, 0.25) is 0 Å². The number of aryl methyl sites for hydroxylation is 1. The molecular formula is C24H33N5O2S. The van der Waals surface area contributed by atoms with Crippen molar-refractivity contribution in [2.75, 3.05) is 44.2 Å². The van der Waals surface area contributed by atoms with Crippen LogP contribution in [0, 0.1) is 13.8 Å². The summed E-state index contributed by atoms with van der Waals surface area (Å²) in [5.74, 6) is 1.78. The number of piperazine rings is 1. The van der Waals surface area contributed by atoms with E-state index in [2.05, 4.69) is 30.7 Å². The summed E-state index contributed by atoms with van der Waals surface area (Å²) in [6.07, 6.45) is 0. The second-order valence-corrected chi connectivity index (χ2v) is 8.94. The quantitative estimate of drug-likeness (QED) is 0.470. The molecule has 0 bridgehead atoms. The molecule has 1 fully saturated rings. The molecule has 0 saturated carbocycles. The number of carbonyl (C=O) groups is 2. The molecule has 32 heavy (non-hydrogen) atoms. The van der Waals surface area contributed by atoms with E-state index in [0.29, 0.717) is 37.5 Å². The highest BCUT2D eigenvalue weighted by atomic mass is 32.2. The molecule has 172 valence electrons. The number of amides is 2. The van der Waals surface area contributed by atoms with Crippen molar-refractivity contribution >= 4 is 29.4 Å². The highest BCUT2D eigenvalue weighted by molar-refractivity contribution is 7.98. The molecule has 2 aromatic rings. The minimum Gasteiger partial charge on any atom is -0.357 e. The number of benzene rings is 1. The Hall–Kier alpha value is -2.61. The van der Waals surface area contributed by atoms with Gasteiger partial charge in [-0.3, -0.25) is 9.59 Å². The van der Waals surface area contributed by atoms with Crippen molar-refractivity contribution in [1.82, 2.24) is 19.8 Å². The predicted molar refractivity (Wildman–Crippen MR) is 129 cm³/mol. The van der Waals surface area contributed by atoms with Crippen molar-refractivity contribution < 1.29 is 9.59 Å². The molecule has 8 heteroatoms. The minimum absolute atomic E-state index is 0.0197. The average molecular weight is 456 g/mol. The van der Waals surface area contributed by atoms with Crippen molar-refractivity contribution in [2.24, 2.45) is 0 Å². The van der Waals surface area contributed by atoms with Gasteiger partial charge in [0.05, 0.1) is 0 Å². The van der Waals surface area contributed by atoms with Gasteiger partial charge < -0.3 is 14.7 Å². The highest BCUT2D eigenvalue weighted by Crippen LogP contribution is 2.26. The number of hydrogen-bond donors (Lipinski definition) is 0. The molecule has 0 N–H and O–H groups in total. The smallest absolute Gasteiger partial charge is 0.253 e. The Morgan fingerprint density at radius 2 is 1.69 bits per heavy atom. The van der Waals surface area contributed by atoms with Crippen LogP contribution in [-0.4, -0.2) is 70.9 Å². The molecule has 0 unspecified atom stereocenters. The lowest BCUT2D eigenvalue weighted by molar-refractivity contribution is -0.130. The molecule has 2 heterocycles. The third-order valence-electron chi connectivity index (χ3n) is 5.96. The summed E-state index contributed by atoms with van der Waals surface area (Å²) in [5.41, 5.74) is 3.87. The number of anilines is 1. The zero-order valence-electron chi connectivity index (χ0n) is 19.7. The molecule has 0 aliphatic carbocycles. The zero-order valence-corrected chi connectivity index (χ0v) is 20.5. The van der Waals surface area contributed by atoms with Crippen LogP contribution in [0.3, 0.4) is 0 Å². The molecule has 1 aliphatic rings. The lowest BCUT2D eigenvalue weighted by Crippen LogP contribution is -2.50. The SMILES string of the molecule is CCN(CC)c1nc(SCc2cccc(C(=O)N3CCN(C(C)=O)CC3)c2)nc(C)c1C. The van der Waals surface area contributed by atoms with Gasteiger partial charge in [-0.1, -0.05) is 23.9 Å². The third kappa shape index (κ3) is 5.59. The van der Waals surface area contributed by atoms with E-state index in [1.54, 1.807) is 23.6 Å². The number of aromatic nitrogens is 2. The molecule has 1 aliphatic heterocycles. The summed E-state index contributed by atoms with van der Waals surface area (Å²) in [6.45, 7) is 14.1. The molecule has 1 aromatic heterocycles. The van der Waals surface area contributed by atoms with E-state index in [4.69, 9.17) is 4.98 Å². The molecule has 0 radical (unpaired) electrons. The normalized spacial score (nSPS) is 13.9. The Labute approximate surface area is 195 Å². The van der Waals surface area contributed by atoms with E-state index in [-0.39, 0.29) is 11.8 Å². The molecule has 0 spiro atoms. The molecule has 1 aromatic carbocycles. The van der Waals surface area contributed by atoms with Crippen LogP contribution in [0.15, 0.2) is 29.4 Å². The van der Waals surface area contributed by atoms with Crippen LogP contribution in [-0.2, 0) is 10.5 Å². The van der Waals surface area contributed by atoms with E-state index in [1.165, 1.54) is 0 Å². The van der Waals surface area contributed by atoms with Gasteiger partial charge in [0, 0.05) is 68.8 Å². The highest BCUT2D eigenvalue weighted by Gasteiger charge is 2.23.